The molecule has 0 saturated carbocycles. The Morgan fingerprint density at radius 2 is 2.19 bits per heavy atom. The number of aliphatic hydroxyl groups excluding tert-OH is 1. The zero-order valence-corrected chi connectivity index (χ0v) is 9.84. The van der Waals surface area contributed by atoms with E-state index in [0.29, 0.717) is 6.54 Å². The van der Waals surface area contributed by atoms with Crippen LogP contribution in [0.2, 0.25) is 0 Å². The molecule has 2 N–H and O–H groups in total. The Kier molecular flexibility index (Phi) is 4.26. The van der Waals surface area contributed by atoms with E-state index >= 15 is 0 Å². The van der Waals surface area contributed by atoms with Crippen LogP contribution in [-0.2, 0) is 14.3 Å². The Morgan fingerprint density at radius 3 is 2.69 bits per heavy atom. The van der Waals surface area contributed by atoms with Crippen molar-refractivity contribution in [2.24, 2.45) is 0 Å². The van der Waals surface area contributed by atoms with Gasteiger partial charge in [-0.05, 0) is 20.8 Å². The second-order valence-corrected chi connectivity index (χ2v) is 4.75. The summed E-state index contributed by atoms with van der Waals surface area (Å²) in [5, 5.41) is 18.6. The molecule has 0 amide bonds. The molecular formula is C10H19NO5. The van der Waals surface area contributed by atoms with Gasteiger partial charge in [-0.25, -0.2) is 9.69 Å². The van der Waals surface area contributed by atoms with Crippen LogP contribution >= 0.6 is 0 Å². The summed E-state index contributed by atoms with van der Waals surface area (Å²) in [6.07, 6.45) is -1.99. The van der Waals surface area contributed by atoms with Gasteiger partial charge in [0.05, 0.1) is 12.2 Å². The van der Waals surface area contributed by atoms with Gasteiger partial charge in [0.2, 0.25) is 6.41 Å². The molecule has 0 aliphatic carbocycles. The van der Waals surface area contributed by atoms with Crippen molar-refractivity contribution in [1.82, 2.24) is 4.90 Å². The van der Waals surface area contributed by atoms with Gasteiger partial charge in [-0.2, -0.15) is 0 Å². The van der Waals surface area contributed by atoms with Crippen LogP contribution in [0.15, 0.2) is 0 Å². The quantitative estimate of drug-likeness (QED) is 0.661. The topological polar surface area (TPSA) is 79.2 Å². The van der Waals surface area contributed by atoms with Crippen molar-refractivity contribution in [3.8, 4) is 0 Å². The number of carbonyl (C=O) groups is 1. The highest BCUT2D eigenvalue weighted by atomic mass is 16.6. The van der Waals surface area contributed by atoms with E-state index in [1.165, 1.54) is 0 Å². The predicted octanol–water partition coefficient (Wildman–Crippen LogP) is -0.137. The van der Waals surface area contributed by atoms with E-state index in [-0.39, 0.29) is 13.2 Å². The zero-order chi connectivity index (χ0) is 12.3. The number of nitrogens with zero attached hydrogens (tertiary/aromatic N) is 1. The molecule has 6 heteroatoms. The number of aliphatic hydroxyl groups is 1. The summed E-state index contributed by atoms with van der Waals surface area (Å²) in [5.41, 5.74) is -0.476. The first-order chi connectivity index (χ1) is 7.29. The summed E-state index contributed by atoms with van der Waals surface area (Å²) >= 11 is 0. The van der Waals surface area contributed by atoms with Gasteiger partial charge >= 0.3 is 5.97 Å². The molecule has 0 radical (unpaired) electrons. The highest BCUT2D eigenvalue weighted by molar-refractivity contribution is 5.72. The maximum absolute atomic E-state index is 10.7. The molecule has 1 rings (SSSR count). The molecule has 1 saturated heterocycles. The number of carboxylic acid groups (broad SMARTS) is 1. The van der Waals surface area contributed by atoms with Crippen molar-refractivity contribution >= 4 is 5.97 Å². The number of ether oxygens (including phenoxy) is 2. The van der Waals surface area contributed by atoms with Crippen LogP contribution in [0.3, 0.4) is 0 Å². The molecule has 1 aliphatic rings. The van der Waals surface area contributed by atoms with Crippen LogP contribution in [0.25, 0.3) is 0 Å². The lowest BCUT2D eigenvalue weighted by Gasteiger charge is -2.36. The smallest absolute Gasteiger partial charge is 0.334 e. The summed E-state index contributed by atoms with van der Waals surface area (Å²) in [5.74, 6) is -1.02. The van der Waals surface area contributed by atoms with Crippen molar-refractivity contribution < 1.29 is 24.5 Å². The molecule has 0 spiro atoms. The van der Waals surface area contributed by atoms with Gasteiger partial charge in [-0.3, -0.25) is 0 Å². The molecule has 94 valence electrons. The van der Waals surface area contributed by atoms with Gasteiger partial charge in [-0.1, -0.05) is 0 Å². The highest BCUT2D eigenvalue weighted by Gasteiger charge is 2.31. The van der Waals surface area contributed by atoms with E-state index < -0.39 is 24.1 Å². The maximum Gasteiger partial charge on any atom is 0.334 e. The minimum Gasteiger partial charge on any atom is -0.479 e. The summed E-state index contributed by atoms with van der Waals surface area (Å²) in [6, 6.07) is 0. The van der Waals surface area contributed by atoms with Crippen molar-refractivity contribution in [1.29, 1.82) is 0 Å². The summed E-state index contributed by atoms with van der Waals surface area (Å²) in [6.45, 7) is 6.34. The van der Waals surface area contributed by atoms with Gasteiger partial charge in [0.15, 0.2) is 6.10 Å². The van der Waals surface area contributed by atoms with E-state index in [1.54, 1.807) is 4.90 Å². The van der Waals surface area contributed by atoms with E-state index in [2.05, 4.69) is 0 Å². The summed E-state index contributed by atoms with van der Waals surface area (Å²) in [4.78, 5) is 12.3. The largest absolute Gasteiger partial charge is 0.479 e. The molecule has 2 atom stereocenters. The molecule has 1 fully saturated rings. The van der Waals surface area contributed by atoms with E-state index in [9.17, 15) is 9.90 Å². The Balaban J connectivity index is 2.50. The molecule has 1 heterocycles. The molecular weight excluding hydrogens is 214 g/mol. The van der Waals surface area contributed by atoms with Crippen molar-refractivity contribution in [2.75, 3.05) is 19.7 Å². The van der Waals surface area contributed by atoms with Crippen LogP contribution in [0.1, 0.15) is 20.8 Å². The van der Waals surface area contributed by atoms with Crippen LogP contribution in [-0.4, -0.2) is 58.9 Å². The minimum atomic E-state index is -1.09. The van der Waals surface area contributed by atoms with E-state index in [4.69, 9.17) is 14.6 Å². The van der Waals surface area contributed by atoms with Gasteiger partial charge in [0.1, 0.15) is 0 Å². The Bertz CT molecular complexity index is 250. The van der Waals surface area contributed by atoms with Gasteiger partial charge < -0.3 is 19.7 Å². The second-order valence-electron chi connectivity index (χ2n) is 4.75. The average molecular weight is 233 g/mol. The lowest BCUT2D eigenvalue weighted by Crippen LogP contribution is -2.52. The Morgan fingerprint density at radius 1 is 1.56 bits per heavy atom. The number of carboxylic acids is 1. The first-order valence-electron chi connectivity index (χ1n) is 5.24. The highest BCUT2D eigenvalue weighted by Crippen LogP contribution is 2.15. The van der Waals surface area contributed by atoms with Gasteiger partial charge in [-0.15, -0.1) is 0 Å². The SMILES string of the molecule is CC(C)(C)OC(O)N1CCOC(C(=O)O)C1. The first kappa shape index (κ1) is 13.4. The van der Waals surface area contributed by atoms with Crippen molar-refractivity contribution in [3.05, 3.63) is 0 Å². The molecule has 0 aromatic heterocycles. The predicted molar refractivity (Wildman–Crippen MR) is 55.8 cm³/mol. The third-order valence-electron chi connectivity index (χ3n) is 2.14. The fourth-order valence-corrected chi connectivity index (χ4v) is 1.41. The Hall–Kier alpha value is -0.690. The standard InChI is InChI=1S/C10H19NO5/c1-10(2,3)16-9(14)11-4-5-15-7(6-11)8(12)13/h7,9,14H,4-6H2,1-3H3,(H,12,13). The average Bonchev–Trinajstić information content (AvgIpc) is 2.15. The zero-order valence-electron chi connectivity index (χ0n) is 9.84. The van der Waals surface area contributed by atoms with Crippen molar-refractivity contribution in [3.63, 3.8) is 0 Å². The minimum absolute atomic E-state index is 0.132. The first-order valence-corrected chi connectivity index (χ1v) is 5.24. The normalized spacial score (nSPS) is 25.4. The van der Waals surface area contributed by atoms with Gasteiger partial charge in [0.25, 0.3) is 0 Å². The molecule has 16 heavy (non-hydrogen) atoms. The monoisotopic (exact) mass is 233 g/mol. The molecule has 1 aliphatic heterocycles. The van der Waals surface area contributed by atoms with Gasteiger partial charge in [0, 0.05) is 13.1 Å². The number of hydrogen-bond acceptors (Lipinski definition) is 5. The Labute approximate surface area is 94.8 Å². The molecule has 0 aromatic carbocycles. The van der Waals surface area contributed by atoms with Crippen LogP contribution < -0.4 is 0 Å². The summed E-state index contributed by atoms with van der Waals surface area (Å²) < 4.78 is 10.4. The third kappa shape index (κ3) is 4.05. The molecule has 0 bridgehead atoms. The third-order valence-corrected chi connectivity index (χ3v) is 2.14. The number of rotatable bonds is 3. The lowest BCUT2D eigenvalue weighted by molar-refractivity contribution is -0.255. The van der Waals surface area contributed by atoms with Crippen LogP contribution in [0, 0.1) is 0 Å². The number of morpholine rings is 1. The molecule has 2 unspecified atom stereocenters. The fourth-order valence-electron chi connectivity index (χ4n) is 1.41. The van der Waals surface area contributed by atoms with Crippen molar-refractivity contribution in [2.45, 2.75) is 38.9 Å². The lowest BCUT2D eigenvalue weighted by atomic mass is 10.2. The number of hydrogen-bond donors (Lipinski definition) is 2. The van der Waals surface area contributed by atoms with Crippen LogP contribution in [0.5, 0.6) is 0 Å². The number of aliphatic carboxylic acids is 1. The fraction of sp³-hybridized carbons (Fsp3) is 0.900. The van der Waals surface area contributed by atoms with E-state index in [1.807, 2.05) is 20.8 Å². The second kappa shape index (κ2) is 5.09. The maximum atomic E-state index is 10.7. The van der Waals surface area contributed by atoms with Crippen LogP contribution in [0.4, 0.5) is 0 Å². The molecule has 6 nitrogen and oxygen atoms in total. The molecule has 0 aromatic rings. The van der Waals surface area contributed by atoms with E-state index in [0.717, 1.165) is 0 Å². The summed E-state index contributed by atoms with van der Waals surface area (Å²) in [7, 11) is 0.